The molecule has 4 atom stereocenters. The van der Waals surface area contributed by atoms with E-state index in [1.165, 1.54) is 36.1 Å². The maximum Gasteiger partial charge on any atom is 0.0475 e. The molecule has 124 valence electrons. The molecule has 1 heterocycles. The molecule has 2 bridgehead atoms. The van der Waals surface area contributed by atoms with E-state index in [-0.39, 0.29) is 0 Å². The Morgan fingerprint density at radius 3 is 1.71 bits per heavy atom. The fraction of sp³-hybridized carbons (Fsp3) is 0.381. The van der Waals surface area contributed by atoms with Crippen LogP contribution in [0.5, 0.6) is 0 Å². The third-order valence-corrected chi connectivity index (χ3v) is 5.86. The Morgan fingerprint density at radius 2 is 1.29 bits per heavy atom. The number of hydrogen-bond donors (Lipinski definition) is 1. The molecule has 0 aromatic heterocycles. The minimum Gasteiger partial charge on any atom is -0.323 e. The van der Waals surface area contributed by atoms with E-state index in [0.29, 0.717) is 23.9 Å². The van der Waals surface area contributed by atoms with E-state index in [9.17, 15) is 0 Å². The van der Waals surface area contributed by atoms with E-state index in [4.69, 9.17) is 5.84 Å². The number of hydrogen-bond acceptors (Lipinski definition) is 3. The molecule has 4 rings (SSSR count). The summed E-state index contributed by atoms with van der Waals surface area (Å²) < 4.78 is 0. The van der Waals surface area contributed by atoms with Crippen molar-refractivity contribution < 1.29 is 0 Å². The van der Waals surface area contributed by atoms with Gasteiger partial charge in [0.1, 0.15) is 0 Å². The lowest BCUT2D eigenvalue weighted by Gasteiger charge is -2.52. The lowest BCUT2D eigenvalue weighted by molar-refractivity contribution is 0.0669. The van der Waals surface area contributed by atoms with E-state index in [1.54, 1.807) is 0 Å². The molecular weight excluding hydrogens is 294 g/mol. The zero-order valence-corrected chi connectivity index (χ0v) is 14.2. The Labute approximate surface area is 144 Å². The average Bonchev–Trinajstić information content (AvgIpc) is 2.63. The molecule has 3 heteroatoms. The Hall–Kier alpha value is -2.13. The molecule has 2 fully saturated rings. The first-order chi connectivity index (χ1) is 11.8. The molecule has 3 nitrogen and oxygen atoms in total. The summed E-state index contributed by atoms with van der Waals surface area (Å²) in [6.07, 6.45) is 3.62. The highest BCUT2D eigenvalue weighted by atomic mass is 15.2. The molecule has 0 radical (unpaired) electrons. The first-order valence-corrected chi connectivity index (χ1v) is 8.90. The Morgan fingerprint density at radius 1 is 0.833 bits per heavy atom. The fourth-order valence-electron chi connectivity index (χ4n) is 4.94. The molecular formula is C21H25N3. The number of benzene rings is 2. The van der Waals surface area contributed by atoms with E-state index < -0.39 is 0 Å². The van der Waals surface area contributed by atoms with Gasteiger partial charge in [0.25, 0.3) is 0 Å². The van der Waals surface area contributed by atoms with E-state index in [0.717, 1.165) is 0 Å². The average molecular weight is 319 g/mol. The van der Waals surface area contributed by atoms with Gasteiger partial charge < -0.3 is 5.84 Å². The van der Waals surface area contributed by atoms with Crippen molar-refractivity contribution in [2.75, 3.05) is 7.05 Å². The zero-order valence-electron chi connectivity index (χ0n) is 14.2. The second-order valence-corrected chi connectivity index (χ2v) is 7.07. The van der Waals surface area contributed by atoms with Crippen LogP contribution < -0.4 is 5.84 Å². The molecule has 0 spiro atoms. The molecule has 2 aliphatic rings. The van der Waals surface area contributed by atoms with Crippen molar-refractivity contribution in [1.82, 2.24) is 4.90 Å². The van der Waals surface area contributed by atoms with Gasteiger partial charge in [-0.15, -0.1) is 0 Å². The summed E-state index contributed by atoms with van der Waals surface area (Å²) in [5.41, 5.74) is 3.96. The largest absolute Gasteiger partial charge is 0.323 e. The first kappa shape index (κ1) is 15.4. The summed E-state index contributed by atoms with van der Waals surface area (Å²) in [5, 5.41) is 4.31. The molecule has 0 amide bonds. The van der Waals surface area contributed by atoms with Crippen LogP contribution in [-0.2, 0) is 0 Å². The van der Waals surface area contributed by atoms with Crippen LogP contribution in [0.15, 0.2) is 65.8 Å². The van der Waals surface area contributed by atoms with Gasteiger partial charge in [0, 0.05) is 29.6 Å². The second-order valence-electron chi connectivity index (χ2n) is 7.07. The topological polar surface area (TPSA) is 41.6 Å². The van der Waals surface area contributed by atoms with Gasteiger partial charge in [-0.2, -0.15) is 5.10 Å². The summed E-state index contributed by atoms with van der Waals surface area (Å²) in [6, 6.07) is 22.4. The van der Waals surface area contributed by atoms with Gasteiger partial charge >= 0.3 is 0 Å². The fourth-order valence-corrected chi connectivity index (χ4v) is 4.94. The molecule has 2 N–H and O–H groups in total. The summed E-state index contributed by atoms with van der Waals surface area (Å²) in [5.74, 6) is 6.75. The Bertz CT molecular complexity index is 653. The van der Waals surface area contributed by atoms with Crippen molar-refractivity contribution in [2.24, 2.45) is 22.8 Å². The minimum atomic E-state index is 0.343. The van der Waals surface area contributed by atoms with Crippen molar-refractivity contribution >= 4 is 5.71 Å². The van der Waals surface area contributed by atoms with Crippen molar-refractivity contribution in [3.63, 3.8) is 0 Å². The summed E-state index contributed by atoms with van der Waals surface area (Å²) in [4.78, 5) is 2.56. The number of likely N-dealkylation sites (tertiary alicyclic amines) is 1. The number of nitrogens with zero attached hydrogens (tertiary/aromatic N) is 2. The molecule has 24 heavy (non-hydrogen) atoms. The molecule has 1 saturated heterocycles. The first-order valence-electron chi connectivity index (χ1n) is 8.90. The molecule has 2 aromatic carbocycles. The number of rotatable bonds is 2. The smallest absolute Gasteiger partial charge is 0.0475 e. The summed E-state index contributed by atoms with van der Waals surface area (Å²) in [6.45, 7) is 0. The SMILES string of the molecule is CN1[C@H](c2ccccc2)[C@H]2CCC[C@@H](C2=NN)[C@H]1c1ccccc1. The van der Waals surface area contributed by atoms with Crippen LogP contribution in [0.3, 0.4) is 0 Å². The summed E-state index contributed by atoms with van der Waals surface area (Å²) in [7, 11) is 2.27. The lowest BCUT2D eigenvalue weighted by Crippen LogP contribution is -2.51. The number of hydrazone groups is 1. The number of piperidine rings is 1. The van der Waals surface area contributed by atoms with E-state index in [2.05, 4.69) is 77.7 Å². The number of nitrogens with two attached hydrogens (primary N) is 1. The van der Waals surface area contributed by atoms with Crippen molar-refractivity contribution in [3.05, 3.63) is 71.8 Å². The van der Waals surface area contributed by atoms with E-state index in [1.807, 2.05) is 0 Å². The van der Waals surface area contributed by atoms with Gasteiger partial charge in [-0.1, -0.05) is 67.1 Å². The summed E-state index contributed by atoms with van der Waals surface area (Å²) >= 11 is 0. The number of fused-ring (bicyclic) bond motifs is 2. The van der Waals surface area contributed by atoms with Crippen LogP contribution in [0.4, 0.5) is 0 Å². The maximum atomic E-state index is 5.89. The standard InChI is InChI=1S/C21H25N3/c1-24-20(15-9-4-2-5-10-15)17-13-8-14-18(19(17)23-22)21(24)16-11-6-3-7-12-16/h2-7,9-12,17-18,20-21H,8,13-14,22H2,1H3/t17-,18-,20+,21+/m0/s1. The molecule has 0 unspecified atom stereocenters. The van der Waals surface area contributed by atoms with Gasteiger partial charge in [-0.3, -0.25) is 4.90 Å². The van der Waals surface area contributed by atoms with Crippen molar-refractivity contribution in [3.8, 4) is 0 Å². The molecule has 2 aromatic rings. The quantitative estimate of drug-likeness (QED) is 0.667. The van der Waals surface area contributed by atoms with Crippen LogP contribution in [0.25, 0.3) is 0 Å². The Balaban J connectivity index is 1.83. The maximum absolute atomic E-state index is 5.89. The lowest BCUT2D eigenvalue weighted by atomic mass is 9.66. The van der Waals surface area contributed by atoms with Crippen LogP contribution in [0.2, 0.25) is 0 Å². The van der Waals surface area contributed by atoms with Crippen LogP contribution in [0.1, 0.15) is 42.5 Å². The Kier molecular flexibility index (Phi) is 4.11. The predicted octanol–water partition coefficient (Wildman–Crippen LogP) is 4.15. The minimum absolute atomic E-state index is 0.343. The highest BCUT2D eigenvalue weighted by Crippen LogP contribution is 2.51. The van der Waals surface area contributed by atoms with Gasteiger partial charge in [0.05, 0.1) is 0 Å². The highest BCUT2D eigenvalue weighted by Gasteiger charge is 2.48. The van der Waals surface area contributed by atoms with Crippen LogP contribution >= 0.6 is 0 Å². The predicted molar refractivity (Wildman–Crippen MR) is 98.6 cm³/mol. The zero-order chi connectivity index (χ0) is 16.5. The van der Waals surface area contributed by atoms with Crippen molar-refractivity contribution in [1.29, 1.82) is 0 Å². The molecule has 1 saturated carbocycles. The third kappa shape index (κ3) is 2.44. The van der Waals surface area contributed by atoms with Gasteiger partial charge in [0.15, 0.2) is 0 Å². The molecule has 1 aliphatic carbocycles. The highest BCUT2D eigenvalue weighted by molar-refractivity contribution is 5.91. The molecule has 1 aliphatic heterocycles. The van der Waals surface area contributed by atoms with Crippen molar-refractivity contribution in [2.45, 2.75) is 31.3 Å². The van der Waals surface area contributed by atoms with E-state index >= 15 is 0 Å². The van der Waals surface area contributed by atoms with Gasteiger partial charge in [0.2, 0.25) is 0 Å². The second kappa shape index (κ2) is 6.40. The van der Waals surface area contributed by atoms with Crippen LogP contribution in [0, 0.1) is 11.8 Å². The monoisotopic (exact) mass is 319 g/mol. The van der Waals surface area contributed by atoms with Crippen LogP contribution in [-0.4, -0.2) is 17.7 Å². The van der Waals surface area contributed by atoms with Gasteiger partial charge in [-0.05, 0) is 31.0 Å². The van der Waals surface area contributed by atoms with Gasteiger partial charge in [-0.25, -0.2) is 0 Å². The normalized spacial score (nSPS) is 30.1. The third-order valence-electron chi connectivity index (χ3n) is 5.86.